The molecule has 2 amide bonds. The molecule has 33 heavy (non-hydrogen) atoms. The summed E-state index contributed by atoms with van der Waals surface area (Å²) in [6.07, 6.45) is 0.772. The number of hydrogen-bond acceptors (Lipinski definition) is 5. The summed E-state index contributed by atoms with van der Waals surface area (Å²) in [6.45, 7) is 7.82. The van der Waals surface area contributed by atoms with Gasteiger partial charge in [0.2, 0.25) is 11.8 Å². The molecule has 0 aliphatic rings. The number of amides is 2. The molecule has 2 aromatic carbocycles. The van der Waals surface area contributed by atoms with Gasteiger partial charge < -0.3 is 24.4 Å². The Labute approximate surface area is 197 Å². The number of benzene rings is 2. The fraction of sp³-hybridized carbons (Fsp3) is 0.462. The number of carbonyl (C=O) groups excluding carboxylic acids is 2. The van der Waals surface area contributed by atoms with Gasteiger partial charge in [-0.2, -0.15) is 0 Å². The van der Waals surface area contributed by atoms with Crippen molar-refractivity contribution in [2.24, 2.45) is 0 Å². The summed E-state index contributed by atoms with van der Waals surface area (Å²) < 4.78 is 16.0. The summed E-state index contributed by atoms with van der Waals surface area (Å²) in [4.78, 5) is 27.8. The molecule has 2 aromatic rings. The second kappa shape index (κ2) is 11.6. The van der Waals surface area contributed by atoms with Crippen molar-refractivity contribution in [3.63, 3.8) is 0 Å². The van der Waals surface area contributed by atoms with Crippen molar-refractivity contribution >= 4 is 11.8 Å². The normalized spacial score (nSPS) is 12.0. The van der Waals surface area contributed by atoms with E-state index in [0.29, 0.717) is 30.2 Å². The van der Waals surface area contributed by atoms with Crippen molar-refractivity contribution in [1.29, 1.82) is 0 Å². The average molecular weight is 457 g/mol. The standard InChI is InChI=1S/C26H36N2O5/c1-18(25(30)27-26(2,3)4)28(17-20-9-8-10-21(15-20)31-5)24(29)14-12-19-11-13-22(32-6)23(16-19)33-7/h8-11,13,15-16,18H,12,14,17H2,1-7H3,(H,27,30)/t18-/m0/s1. The maximum absolute atomic E-state index is 13.3. The SMILES string of the molecule is COc1cccc(CN(C(=O)CCc2ccc(OC)c(OC)c2)[C@@H](C)C(=O)NC(C)(C)C)c1. The number of carbonyl (C=O) groups is 2. The molecule has 1 N–H and O–H groups in total. The van der Waals surface area contributed by atoms with Crippen molar-refractivity contribution in [1.82, 2.24) is 10.2 Å². The van der Waals surface area contributed by atoms with E-state index in [1.807, 2.05) is 63.2 Å². The van der Waals surface area contributed by atoms with Gasteiger partial charge in [-0.25, -0.2) is 0 Å². The second-order valence-corrected chi connectivity index (χ2v) is 8.98. The van der Waals surface area contributed by atoms with Gasteiger partial charge in [-0.05, 0) is 69.5 Å². The van der Waals surface area contributed by atoms with Crippen LogP contribution in [0.2, 0.25) is 0 Å². The van der Waals surface area contributed by atoms with Crippen LogP contribution in [0.3, 0.4) is 0 Å². The van der Waals surface area contributed by atoms with Gasteiger partial charge in [0.05, 0.1) is 21.3 Å². The molecule has 0 spiro atoms. The molecular formula is C26H36N2O5. The molecule has 7 heteroatoms. The Morgan fingerprint density at radius 2 is 1.64 bits per heavy atom. The summed E-state index contributed by atoms with van der Waals surface area (Å²) in [5.41, 5.74) is 1.45. The molecule has 0 unspecified atom stereocenters. The van der Waals surface area contributed by atoms with Gasteiger partial charge in [0.25, 0.3) is 0 Å². The molecule has 0 fully saturated rings. The summed E-state index contributed by atoms with van der Waals surface area (Å²) >= 11 is 0. The Bertz CT molecular complexity index is 952. The zero-order chi connectivity index (χ0) is 24.6. The van der Waals surface area contributed by atoms with E-state index in [2.05, 4.69) is 5.32 Å². The lowest BCUT2D eigenvalue weighted by Crippen LogP contribution is -2.52. The number of methoxy groups -OCH3 is 3. The van der Waals surface area contributed by atoms with Crippen LogP contribution in [0.1, 0.15) is 45.2 Å². The molecule has 1 atom stereocenters. The predicted octanol–water partition coefficient (Wildman–Crippen LogP) is 3.98. The molecule has 0 heterocycles. The highest BCUT2D eigenvalue weighted by Crippen LogP contribution is 2.28. The number of hydrogen-bond donors (Lipinski definition) is 1. The molecule has 0 saturated heterocycles. The van der Waals surface area contributed by atoms with E-state index in [0.717, 1.165) is 11.1 Å². The van der Waals surface area contributed by atoms with Crippen molar-refractivity contribution in [2.75, 3.05) is 21.3 Å². The molecule has 2 rings (SSSR count). The van der Waals surface area contributed by atoms with Gasteiger partial charge in [-0.15, -0.1) is 0 Å². The Hall–Kier alpha value is -3.22. The van der Waals surface area contributed by atoms with Crippen molar-refractivity contribution in [3.05, 3.63) is 53.6 Å². The number of nitrogens with zero attached hydrogens (tertiary/aromatic N) is 1. The van der Waals surface area contributed by atoms with Gasteiger partial charge in [0.1, 0.15) is 11.8 Å². The second-order valence-electron chi connectivity index (χ2n) is 8.98. The molecule has 0 aromatic heterocycles. The van der Waals surface area contributed by atoms with Crippen molar-refractivity contribution in [3.8, 4) is 17.2 Å². The van der Waals surface area contributed by atoms with Gasteiger partial charge in [0, 0.05) is 18.5 Å². The lowest BCUT2D eigenvalue weighted by atomic mass is 10.1. The Morgan fingerprint density at radius 1 is 0.939 bits per heavy atom. The van der Waals surface area contributed by atoms with Crippen LogP contribution in [0.15, 0.2) is 42.5 Å². The topological polar surface area (TPSA) is 77.1 Å². The lowest BCUT2D eigenvalue weighted by Gasteiger charge is -2.31. The number of ether oxygens (including phenoxy) is 3. The van der Waals surface area contributed by atoms with Gasteiger partial charge in [-0.3, -0.25) is 9.59 Å². The Kier molecular flexibility index (Phi) is 9.14. The first-order chi connectivity index (χ1) is 15.6. The van der Waals surface area contributed by atoms with Crippen LogP contribution in [-0.4, -0.2) is 49.6 Å². The summed E-state index contributed by atoms with van der Waals surface area (Å²) in [7, 11) is 4.77. The molecule has 0 aliphatic carbocycles. The minimum Gasteiger partial charge on any atom is -0.497 e. The third kappa shape index (κ3) is 7.70. The summed E-state index contributed by atoms with van der Waals surface area (Å²) in [5.74, 6) is 1.67. The maximum Gasteiger partial charge on any atom is 0.242 e. The predicted molar refractivity (Wildman–Crippen MR) is 129 cm³/mol. The monoisotopic (exact) mass is 456 g/mol. The number of nitrogens with one attached hydrogen (secondary N) is 1. The number of aryl methyl sites for hydroxylation is 1. The zero-order valence-electron chi connectivity index (χ0n) is 20.7. The Balaban J connectivity index is 2.22. The van der Waals surface area contributed by atoms with E-state index < -0.39 is 11.6 Å². The smallest absolute Gasteiger partial charge is 0.242 e. The van der Waals surface area contributed by atoms with E-state index in [1.54, 1.807) is 33.2 Å². The van der Waals surface area contributed by atoms with Crippen LogP contribution in [0.4, 0.5) is 0 Å². The third-order valence-corrected chi connectivity index (χ3v) is 5.23. The van der Waals surface area contributed by atoms with E-state index >= 15 is 0 Å². The van der Waals surface area contributed by atoms with E-state index in [1.165, 1.54) is 0 Å². The zero-order valence-corrected chi connectivity index (χ0v) is 20.7. The minimum absolute atomic E-state index is 0.107. The van der Waals surface area contributed by atoms with Crippen LogP contribution in [0, 0.1) is 0 Å². The molecule has 0 saturated carbocycles. The van der Waals surface area contributed by atoms with E-state index in [9.17, 15) is 9.59 Å². The van der Waals surface area contributed by atoms with Gasteiger partial charge in [0.15, 0.2) is 11.5 Å². The van der Waals surface area contributed by atoms with Crippen molar-refractivity contribution < 1.29 is 23.8 Å². The molecule has 0 aliphatic heterocycles. The first kappa shape index (κ1) is 26.0. The fourth-order valence-electron chi connectivity index (χ4n) is 3.46. The largest absolute Gasteiger partial charge is 0.497 e. The highest BCUT2D eigenvalue weighted by molar-refractivity contribution is 5.87. The quantitative estimate of drug-likeness (QED) is 0.585. The maximum atomic E-state index is 13.3. The molecule has 0 bridgehead atoms. The highest BCUT2D eigenvalue weighted by Gasteiger charge is 2.28. The van der Waals surface area contributed by atoms with Crippen LogP contribution in [0.25, 0.3) is 0 Å². The van der Waals surface area contributed by atoms with Crippen LogP contribution in [0.5, 0.6) is 17.2 Å². The van der Waals surface area contributed by atoms with E-state index in [4.69, 9.17) is 14.2 Å². The summed E-state index contributed by atoms with van der Waals surface area (Å²) in [6, 6.07) is 12.5. The van der Waals surface area contributed by atoms with Crippen LogP contribution in [-0.2, 0) is 22.6 Å². The molecule has 180 valence electrons. The molecule has 7 nitrogen and oxygen atoms in total. The molecular weight excluding hydrogens is 420 g/mol. The van der Waals surface area contributed by atoms with E-state index in [-0.39, 0.29) is 18.2 Å². The minimum atomic E-state index is -0.631. The molecule has 0 radical (unpaired) electrons. The third-order valence-electron chi connectivity index (χ3n) is 5.23. The van der Waals surface area contributed by atoms with Crippen LogP contribution < -0.4 is 19.5 Å². The average Bonchev–Trinajstić information content (AvgIpc) is 2.79. The van der Waals surface area contributed by atoms with Crippen molar-refractivity contribution in [2.45, 2.75) is 58.7 Å². The number of rotatable bonds is 10. The van der Waals surface area contributed by atoms with Crippen LogP contribution >= 0.6 is 0 Å². The summed E-state index contributed by atoms with van der Waals surface area (Å²) in [5, 5.41) is 2.98. The Morgan fingerprint density at radius 3 is 2.24 bits per heavy atom. The fourth-order valence-corrected chi connectivity index (χ4v) is 3.46. The first-order valence-electron chi connectivity index (χ1n) is 11.0. The van der Waals surface area contributed by atoms with Gasteiger partial charge in [-0.1, -0.05) is 18.2 Å². The first-order valence-corrected chi connectivity index (χ1v) is 11.0. The van der Waals surface area contributed by atoms with Gasteiger partial charge >= 0.3 is 0 Å². The highest BCUT2D eigenvalue weighted by atomic mass is 16.5. The lowest BCUT2D eigenvalue weighted by molar-refractivity contribution is -0.141.